The van der Waals surface area contributed by atoms with Crippen molar-refractivity contribution in [3.63, 3.8) is 0 Å². The van der Waals surface area contributed by atoms with E-state index in [-0.39, 0.29) is 6.04 Å². The summed E-state index contributed by atoms with van der Waals surface area (Å²) in [6.45, 7) is 2.60. The van der Waals surface area contributed by atoms with Crippen molar-refractivity contribution in [2.45, 2.75) is 13.0 Å². The average molecular weight is 268 g/mol. The highest BCUT2D eigenvalue weighted by Gasteiger charge is 2.15. The summed E-state index contributed by atoms with van der Waals surface area (Å²) in [6, 6.07) is 7.58. The molecule has 0 radical (unpaired) electrons. The van der Waals surface area contributed by atoms with Gasteiger partial charge in [0.05, 0.1) is 30.6 Å². The van der Waals surface area contributed by atoms with Gasteiger partial charge in [0.1, 0.15) is 5.75 Å². The quantitative estimate of drug-likeness (QED) is 0.787. The fourth-order valence-electron chi connectivity index (χ4n) is 2.24. The minimum Gasteiger partial charge on any atom is -0.494 e. The van der Waals surface area contributed by atoms with Gasteiger partial charge in [-0.3, -0.25) is 4.98 Å². The summed E-state index contributed by atoms with van der Waals surface area (Å²) in [5.41, 5.74) is 9.22. The first-order chi connectivity index (χ1) is 9.79. The Morgan fingerprint density at radius 2 is 2.25 bits per heavy atom. The molecule has 2 heterocycles. The van der Waals surface area contributed by atoms with E-state index >= 15 is 0 Å². The summed E-state index contributed by atoms with van der Waals surface area (Å²) in [5, 5.41) is 4.29. The van der Waals surface area contributed by atoms with Crippen molar-refractivity contribution in [2.24, 2.45) is 5.73 Å². The second kappa shape index (κ2) is 5.30. The predicted molar refractivity (Wildman–Crippen MR) is 76.6 cm³/mol. The maximum atomic E-state index is 6.36. The molecule has 0 aliphatic carbocycles. The van der Waals surface area contributed by atoms with Crippen LogP contribution in [0.3, 0.4) is 0 Å². The third kappa shape index (κ3) is 2.23. The predicted octanol–water partition coefficient (Wildman–Crippen LogP) is 2.18. The van der Waals surface area contributed by atoms with Crippen molar-refractivity contribution >= 4 is 5.52 Å². The van der Waals surface area contributed by atoms with Crippen molar-refractivity contribution in [3.8, 4) is 5.75 Å². The standard InChI is InChI=1S/C15H16N4O/c1-2-20-12-5-3-4-11(8-12)15(16)13-9-18-19-7-6-17-10-14(13)19/h3-10,15H,2,16H2,1H3. The molecule has 3 aromatic rings. The number of aromatic nitrogens is 3. The molecule has 1 unspecified atom stereocenters. The zero-order valence-electron chi connectivity index (χ0n) is 11.2. The van der Waals surface area contributed by atoms with Gasteiger partial charge in [-0.25, -0.2) is 4.52 Å². The first-order valence-electron chi connectivity index (χ1n) is 6.55. The van der Waals surface area contributed by atoms with Gasteiger partial charge in [-0.1, -0.05) is 12.1 Å². The molecule has 1 aromatic carbocycles. The molecule has 0 fully saturated rings. The normalized spacial score (nSPS) is 12.5. The monoisotopic (exact) mass is 268 g/mol. The van der Waals surface area contributed by atoms with Crippen LogP contribution in [0.4, 0.5) is 0 Å². The number of rotatable bonds is 4. The van der Waals surface area contributed by atoms with E-state index in [1.165, 1.54) is 0 Å². The molecule has 5 nitrogen and oxygen atoms in total. The molecule has 2 aromatic heterocycles. The van der Waals surface area contributed by atoms with Gasteiger partial charge < -0.3 is 10.5 Å². The Morgan fingerprint density at radius 3 is 3.10 bits per heavy atom. The van der Waals surface area contributed by atoms with Gasteiger partial charge in [0.15, 0.2) is 0 Å². The molecule has 0 aliphatic rings. The van der Waals surface area contributed by atoms with Crippen molar-refractivity contribution in [1.82, 2.24) is 14.6 Å². The van der Waals surface area contributed by atoms with Crippen LogP contribution in [0.2, 0.25) is 0 Å². The van der Waals surface area contributed by atoms with Crippen LogP contribution in [0, 0.1) is 0 Å². The lowest BCUT2D eigenvalue weighted by atomic mass is 10.0. The highest BCUT2D eigenvalue weighted by Crippen LogP contribution is 2.25. The van der Waals surface area contributed by atoms with Crippen LogP contribution in [0.15, 0.2) is 49.1 Å². The lowest BCUT2D eigenvalue weighted by Gasteiger charge is -2.12. The number of benzene rings is 1. The molecular formula is C15H16N4O. The van der Waals surface area contributed by atoms with Crippen molar-refractivity contribution in [2.75, 3.05) is 6.61 Å². The van der Waals surface area contributed by atoms with Gasteiger partial charge in [0, 0.05) is 18.0 Å². The van der Waals surface area contributed by atoms with Gasteiger partial charge >= 0.3 is 0 Å². The van der Waals surface area contributed by atoms with Crippen LogP contribution in [0.5, 0.6) is 5.75 Å². The summed E-state index contributed by atoms with van der Waals surface area (Å²) < 4.78 is 7.29. The molecule has 0 bridgehead atoms. The second-order valence-corrected chi connectivity index (χ2v) is 4.49. The van der Waals surface area contributed by atoms with E-state index in [9.17, 15) is 0 Å². The Labute approximate surface area is 117 Å². The highest BCUT2D eigenvalue weighted by atomic mass is 16.5. The minimum atomic E-state index is -0.253. The van der Waals surface area contributed by atoms with Crippen LogP contribution in [-0.4, -0.2) is 21.2 Å². The van der Waals surface area contributed by atoms with E-state index in [4.69, 9.17) is 10.5 Å². The molecule has 2 N–H and O–H groups in total. The van der Waals surface area contributed by atoms with E-state index in [2.05, 4.69) is 10.1 Å². The summed E-state index contributed by atoms with van der Waals surface area (Å²) in [7, 11) is 0. The Morgan fingerprint density at radius 1 is 1.35 bits per heavy atom. The number of nitrogens with zero attached hydrogens (tertiary/aromatic N) is 3. The van der Waals surface area contributed by atoms with Crippen molar-refractivity contribution in [3.05, 3.63) is 60.2 Å². The molecule has 0 saturated carbocycles. The summed E-state index contributed by atoms with van der Waals surface area (Å²) >= 11 is 0. The molecule has 5 heteroatoms. The van der Waals surface area contributed by atoms with Gasteiger partial charge in [0.25, 0.3) is 0 Å². The van der Waals surface area contributed by atoms with Crippen LogP contribution in [0.25, 0.3) is 5.52 Å². The van der Waals surface area contributed by atoms with Gasteiger partial charge in [0.2, 0.25) is 0 Å². The summed E-state index contributed by atoms with van der Waals surface area (Å²) in [5.74, 6) is 0.829. The van der Waals surface area contributed by atoms with E-state index in [0.717, 1.165) is 22.4 Å². The Kier molecular flexibility index (Phi) is 3.35. The third-order valence-corrected chi connectivity index (χ3v) is 3.22. The SMILES string of the molecule is CCOc1cccc(C(N)c2cnn3ccncc23)c1. The number of hydrogen-bond donors (Lipinski definition) is 1. The lowest BCUT2D eigenvalue weighted by Crippen LogP contribution is -2.11. The van der Waals surface area contributed by atoms with Crippen LogP contribution >= 0.6 is 0 Å². The van der Waals surface area contributed by atoms with Crippen LogP contribution in [-0.2, 0) is 0 Å². The molecule has 0 amide bonds. The van der Waals surface area contributed by atoms with Crippen molar-refractivity contribution < 1.29 is 4.74 Å². The second-order valence-electron chi connectivity index (χ2n) is 4.49. The van der Waals surface area contributed by atoms with Crippen molar-refractivity contribution in [1.29, 1.82) is 0 Å². The maximum Gasteiger partial charge on any atom is 0.119 e. The average Bonchev–Trinajstić information content (AvgIpc) is 2.91. The molecule has 0 saturated heterocycles. The fraction of sp³-hybridized carbons (Fsp3) is 0.200. The van der Waals surface area contributed by atoms with E-state index < -0.39 is 0 Å². The maximum absolute atomic E-state index is 6.36. The van der Waals surface area contributed by atoms with Crippen LogP contribution < -0.4 is 10.5 Å². The fourth-order valence-corrected chi connectivity index (χ4v) is 2.24. The van der Waals surface area contributed by atoms with E-state index in [0.29, 0.717) is 6.61 Å². The molecule has 20 heavy (non-hydrogen) atoms. The van der Waals surface area contributed by atoms with E-state index in [1.54, 1.807) is 23.1 Å². The van der Waals surface area contributed by atoms with Gasteiger partial charge in [-0.2, -0.15) is 5.10 Å². The molecular weight excluding hydrogens is 252 g/mol. The largest absolute Gasteiger partial charge is 0.494 e. The number of nitrogens with two attached hydrogens (primary N) is 1. The molecule has 102 valence electrons. The lowest BCUT2D eigenvalue weighted by molar-refractivity contribution is 0.340. The van der Waals surface area contributed by atoms with E-state index in [1.807, 2.05) is 37.4 Å². The first kappa shape index (κ1) is 12.6. The Bertz CT molecular complexity index is 722. The summed E-state index contributed by atoms with van der Waals surface area (Å²) in [6.07, 6.45) is 7.07. The van der Waals surface area contributed by atoms with Gasteiger partial charge in [-0.05, 0) is 24.6 Å². The number of fused-ring (bicyclic) bond motifs is 1. The first-order valence-corrected chi connectivity index (χ1v) is 6.55. The molecule has 0 spiro atoms. The number of ether oxygens (including phenoxy) is 1. The smallest absolute Gasteiger partial charge is 0.119 e. The van der Waals surface area contributed by atoms with Crippen LogP contribution in [0.1, 0.15) is 24.1 Å². The molecule has 3 rings (SSSR count). The number of hydrogen-bond acceptors (Lipinski definition) is 4. The zero-order valence-corrected chi connectivity index (χ0v) is 11.2. The topological polar surface area (TPSA) is 65.4 Å². The highest BCUT2D eigenvalue weighted by molar-refractivity contribution is 5.55. The molecule has 0 aliphatic heterocycles. The minimum absolute atomic E-state index is 0.253. The molecule has 1 atom stereocenters. The zero-order chi connectivity index (χ0) is 13.9. The van der Waals surface area contributed by atoms with Gasteiger partial charge in [-0.15, -0.1) is 0 Å². The Balaban J connectivity index is 1.99. The summed E-state index contributed by atoms with van der Waals surface area (Å²) in [4.78, 5) is 4.13. The Hall–Kier alpha value is -2.40. The third-order valence-electron chi connectivity index (χ3n) is 3.22.